The normalized spacial score (nSPS) is 29.5. The van der Waals surface area contributed by atoms with Crippen molar-refractivity contribution in [2.45, 2.75) is 98.1 Å². The average Bonchev–Trinajstić information content (AvgIpc) is 2.33. The molecule has 0 aliphatic carbocycles. The third-order valence-electron chi connectivity index (χ3n) is 3.70. The Labute approximate surface area is 113 Å². The Hall–Kier alpha value is -0.0800. The molecule has 0 N–H and O–H groups in total. The second-order valence-electron chi connectivity index (χ2n) is 6.71. The summed E-state index contributed by atoms with van der Waals surface area (Å²) in [4.78, 5) is 0. The van der Waals surface area contributed by atoms with Crippen molar-refractivity contribution in [1.82, 2.24) is 0 Å². The quantitative estimate of drug-likeness (QED) is 0.628. The van der Waals surface area contributed by atoms with E-state index in [1.165, 1.54) is 32.1 Å². The molecule has 0 amide bonds. The smallest absolute Gasteiger partial charge is 0.163 e. The van der Waals surface area contributed by atoms with Crippen LogP contribution in [0.25, 0.3) is 0 Å². The second-order valence-corrected chi connectivity index (χ2v) is 6.71. The van der Waals surface area contributed by atoms with Crippen molar-refractivity contribution in [3.8, 4) is 0 Å². The molecule has 0 aromatic carbocycles. The molecular weight excluding hydrogens is 224 g/mol. The van der Waals surface area contributed by atoms with Crippen LogP contribution in [0.3, 0.4) is 0 Å². The van der Waals surface area contributed by atoms with Crippen molar-refractivity contribution < 1.29 is 9.47 Å². The maximum absolute atomic E-state index is 6.14. The lowest BCUT2D eigenvalue weighted by molar-refractivity contribution is -0.280. The van der Waals surface area contributed by atoms with Crippen LogP contribution in [0.1, 0.15) is 79.6 Å². The van der Waals surface area contributed by atoms with Crippen LogP contribution in [0.2, 0.25) is 0 Å². The third kappa shape index (κ3) is 5.27. The standard InChI is InChI=1S/C16H32O2/c1-6-8-9-10-11-14-12-13(7-2)17-15(18-14)16(3,4)5/h13-15H,6-12H2,1-5H3/t13-,14+,15-/m1/s1. The van der Waals surface area contributed by atoms with E-state index in [0.29, 0.717) is 12.2 Å². The van der Waals surface area contributed by atoms with Gasteiger partial charge >= 0.3 is 0 Å². The molecular formula is C16H32O2. The van der Waals surface area contributed by atoms with E-state index in [-0.39, 0.29) is 11.7 Å². The van der Waals surface area contributed by atoms with Gasteiger partial charge in [-0.3, -0.25) is 0 Å². The molecule has 1 aliphatic rings. The Morgan fingerprint density at radius 2 is 1.61 bits per heavy atom. The molecule has 1 saturated heterocycles. The van der Waals surface area contributed by atoms with Gasteiger partial charge in [0.2, 0.25) is 0 Å². The number of ether oxygens (including phenoxy) is 2. The summed E-state index contributed by atoms with van der Waals surface area (Å²) in [6.07, 6.45) is 9.43. The van der Waals surface area contributed by atoms with Gasteiger partial charge in [-0.25, -0.2) is 0 Å². The molecule has 2 nitrogen and oxygen atoms in total. The third-order valence-corrected chi connectivity index (χ3v) is 3.70. The van der Waals surface area contributed by atoms with Crippen LogP contribution < -0.4 is 0 Å². The van der Waals surface area contributed by atoms with Crippen molar-refractivity contribution in [3.05, 3.63) is 0 Å². The fraction of sp³-hybridized carbons (Fsp3) is 1.00. The highest BCUT2D eigenvalue weighted by molar-refractivity contribution is 4.77. The predicted octanol–water partition coefficient (Wildman–Crippen LogP) is 4.91. The maximum atomic E-state index is 6.14. The molecule has 0 saturated carbocycles. The van der Waals surface area contributed by atoms with E-state index in [2.05, 4.69) is 34.6 Å². The lowest BCUT2D eigenvalue weighted by atomic mass is 9.93. The van der Waals surface area contributed by atoms with Crippen molar-refractivity contribution in [3.63, 3.8) is 0 Å². The van der Waals surface area contributed by atoms with Gasteiger partial charge in [0.05, 0.1) is 12.2 Å². The predicted molar refractivity (Wildman–Crippen MR) is 76.7 cm³/mol. The van der Waals surface area contributed by atoms with Gasteiger partial charge < -0.3 is 9.47 Å². The number of rotatable bonds is 6. The molecule has 0 spiro atoms. The van der Waals surface area contributed by atoms with Gasteiger partial charge in [0.25, 0.3) is 0 Å². The summed E-state index contributed by atoms with van der Waals surface area (Å²) in [5, 5.41) is 0. The highest BCUT2D eigenvalue weighted by Crippen LogP contribution is 2.33. The monoisotopic (exact) mass is 256 g/mol. The Bertz CT molecular complexity index is 220. The first-order chi connectivity index (χ1) is 8.47. The summed E-state index contributed by atoms with van der Waals surface area (Å²) in [6.45, 7) is 11.1. The lowest BCUT2D eigenvalue weighted by Crippen LogP contribution is -2.44. The van der Waals surface area contributed by atoms with Crippen molar-refractivity contribution in [1.29, 1.82) is 0 Å². The van der Waals surface area contributed by atoms with Crippen molar-refractivity contribution in [2.24, 2.45) is 5.41 Å². The molecule has 1 aliphatic heterocycles. The fourth-order valence-electron chi connectivity index (χ4n) is 2.44. The van der Waals surface area contributed by atoms with Gasteiger partial charge in [0.1, 0.15) is 0 Å². The Kier molecular flexibility index (Phi) is 6.65. The summed E-state index contributed by atoms with van der Waals surface area (Å²) in [6, 6.07) is 0. The van der Waals surface area contributed by atoms with Crippen molar-refractivity contribution >= 4 is 0 Å². The van der Waals surface area contributed by atoms with Gasteiger partial charge in [-0.15, -0.1) is 0 Å². The minimum atomic E-state index is -0.0348. The zero-order valence-electron chi connectivity index (χ0n) is 13.0. The molecule has 0 unspecified atom stereocenters. The zero-order chi connectivity index (χ0) is 13.6. The lowest BCUT2D eigenvalue weighted by Gasteiger charge is -2.41. The molecule has 0 aromatic rings. The molecule has 2 heteroatoms. The van der Waals surface area contributed by atoms with E-state index >= 15 is 0 Å². The average molecular weight is 256 g/mol. The topological polar surface area (TPSA) is 18.5 Å². The number of hydrogen-bond acceptors (Lipinski definition) is 2. The maximum Gasteiger partial charge on any atom is 0.163 e. The van der Waals surface area contributed by atoms with E-state index in [1.54, 1.807) is 0 Å². The summed E-state index contributed by atoms with van der Waals surface area (Å²) < 4.78 is 12.2. The van der Waals surface area contributed by atoms with E-state index in [0.717, 1.165) is 12.8 Å². The fourth-order valence-corrected chi connectivity index (χ4v) is 2.44. The first kappa shape index (κ1) is 16.0. The molecule has 1 rings (SSSR count). The van der Waals surface area contributed by atoms with E-state index in [1.807, 2.05) is 0 Å². The van der Waals surface area contributed by atoms with E-state index < -0.39 is 0 Å². The van der Waals surface area contributed by atoms with E-state index in [4.69, 9.17) is 9.47 Å². The zero-order valence-corrected chi connectivity index (χ0v) is 13.0. The van der Waals surface area contributed by atoms with Crippen LogP contribution in [0.5, 0.6) is 0 Å². The summed E-state index contributed by atoms with van der Waals surface area (Å²) in [5.74, 6) is 0. The molecule has 108 valence electrons. The highest BCUT2D eigenvalue weighted by Gasteiger charge is 2.35. The molecule has 3 atom stereocenters. The van der Waals surface area contributed by atoms with Gasteiger partial charge in [-0.05, 0) is 19.3 Å². The molecule has 0 bridgehead atoms. The Morgan fingerprint density at radius 3 is 2.17 bits per heavy atom. The van der Waals surface area contributed by atoms with Crippen LogP contribution >= 0.6 is 0 Å². The summed E-state index contributed by atoms with van der Waals surface area (Å²) in [5.41, 5.74) is 0.0789. The van der Waals surface area contributed by atoms with Crippen molar-refractivity contribution in [2.75, 3.05) is 0 Å². The van der Waals surface area contributed by atoms with Gasteiger partial charge in [0, 0.05) is 5.41 Å². The van der Waals surface area contributed by atoms with Gasteiger partial charge in [-0.1, -0.05) is 60.3 Å². The van der Waals surface area contributed by atoms with Crippen LogP contribution in [0.15, 0.2) is 0 Å². The minimum absolute atomic E-state index is 0.0348. The largest absolute Gasteiger partial charge is 0.349 e. The van der Waals surface area contributed by atoms with E-state index in [9.17, 15) is 0 Å². The second kappa shape index (κ2) is 7.49. The summed E-state index contributed by atoms with van der Waals surface area (Å²) in [7, 11) is 0. The first-order valence-corrected chi connectivity index (χ1v) is 7.78. The van der Waals surface area contributed by atoms with Crippen LogP contribution in [0.4, 0.5) is 0 Å². The molecule has 1 heterocycles. The Morgan fingerprint density at radius 1 is 0.944 bits per heavy atom. The van der Waals surface area contributed by atoms with Gasteiger partial charge in [0.15, 0.2) is 6.29 Å². The molecule has 18 heavy (non-hydrogen) atoms. The molecule has 0 aromatic heterocycles. The first-order valence-electron chi connectivity index (χ1n) is 7.78. The SMILES string of the molecule is CCCCCC[C@H]1C[C@@H](CC)O[C@@H](C(C)(C)C)O1. The van der Waals surface area contributed by atoms with Gasteiger partial charge in [-0.2, -0.15) is 0 Å². The Balaban J connectivity index is 2.42. The molecule has 0 radical (unpaired) electrons. The number of hydrogen-bond donors (Lipinski definition) is 0. The number of unbranched alkanes of at least 4 members (excludes halogenated alkanes) is 3. The highest BCUT2D eigenvalue weighted by atomic mass is 16.7. The van der Waals surface area contributed by atoms with Crippen LogP contribution in [-0.4, -0.2) is 18.5 Å². The molecule has 1 fully saturated rings. The minimum Gasteiger partial charge on any atom is -0.349 e. The van der Waals surface area contributed by atoms with Crippen LogP contribution in [-0.2, 0) is 9.47 Å². The summed E-state index contributed by atoms with van der Waals surface area (Å²) >= 11 is 0. The van der Waals surface area contributed by atoms with Crippen LogP contribution in [0, 0.1) is 5.41 Å².